The molecule has 2 heterocycles. The maximum Gasteiger partial charge on any atom is 0.354 e. The third kappa shape index (κ3) is 3.16. The number of nitrogens with one attached hydrogen (secondary N) is 2. The molecule has 2 rings (SSSR count). The lowest BCUT2D eigenvalue weighted by Gasteiger charge is -2.02. The maximum absolute atomic E-state index is 11.8. The van der Waals surface area contributed by atoms with Crippen LogP contribution in [0.25, 0.3) is 0 Å². The number of aromatic carboxylic acids is 1. The van der Waals surface area contributed by atoms with E-state index in [0.717, 1.165) is 10.7 Å². The first kappa shape index (κ1) is 13.2. The topological polar surface area (TPSA) is 108 Å². The Kier molecular flexibility index (Phi) is 3.91. The summed E-state index contributed by atoms with van der Waals surface area (Å²) in [6.45, 7) is 2.30. The third-order valence-corrected chi connectivity index (χ3v) is 3.22. The summed E-state index contributed by atoms with van der Waals surface area (Å²) in [5, 5.41) is 14.4. The van der Waals surface area contributed by atoms with Gasteiger partial charge in [0.15, 0.2) is 11.4 Å². The summed E-state index contributed by atoms with van der Waals surface area (Å²) in [5.41, 5.74) is 0.590. The zero-order valence-electron chi connectivity index (χ0n) is 10.1. The van der Waals surface area contributed by atoms with Crippen molar-refractivity contribution in [2.24, 2.45) is 0 Å². The number of aromatic nitrogens is 3. The van der Waals surface area contributed by atoms with Gasteiger partial charge in [-0.2, -0.15) is 0 Å². The molecule has 0 aliphatic heterocycles. The lowest BCUT2D eigenvalue weighted by atomic mass is 10.3. The van der Waals surface area contributed by atoms with Gasteiger partial charge in [-0.05, 0) is 6.92 Å². The van der Waals surface area contributed by atoms with E-state index in [2.05, 4.69) is 20.3 Å². The van der Waals surface area contributed by atoms with Gasteiger partial charge in [-0.15, -0.1) is 11.3 Å². The van der Waals surface area contributed by atoms with Gasteiger partial charge in [-0.1, -0.05) is 0 Å². The Morgan fingerprint density at radius 2 is 2.32 bits per heavy atom. The van der Waals surface area contributed by atoms with Crippen LogP contribution in [0.15, 0.2) is 11.7 Å². The van der Waals surface area contributed by atoms with Gasteiger partial charge in [-0.25, -0.2) is 14.8 Å². The molecular formula is C11H12N4O3S. The average molecular weight is 280 g/mol. The first-order valence-electron chi connectivity index (χ1n) is 5.54. The van der Waals surface area contributed by atoms with Crippen molar-refractivity contribution in [3.8, 4) is 0 Å². The number of nitrogens with zero attached hydrogens (tertiary/aromatic N) is 2. The van der Waals surface area contributed by atoms with Crippen molar-refractivity contribution < 1.29 is 14.7 Å². The van der Waals surface area contributed by atoms with E-state index in [1.165, 1.54) is 6.33 Å². The molecule has 0 aliphatic rings. The SMILES string of the molecule is Cc1nc(CCNC(=O)c2nc[nH]c2C(=O)O)cs1. The highest BCUT2D eigenvalue weighted by molar-refractivity contribution is 7.09. The van der Waals surface area contributed by atoms with Crippen LogP contribution in [0, 0.1) is 6.92 Å². The third-order valence-electron chi connectivity index (χ3n) is 2.40. The Labute approximate surface area is 112 Å². The largest absolute Gasteiger partial charge is 0.477 e. The summed E-state index contributed by atoms with van der Waals surface area (Å²) < 4.78 is 0. The molecule has 0 aromatic carbocycles. The second kappa shape index (κ2) is 5.61. The fraction of sp³-hybridized carbons (Fsp3) is 0.273. The molecule has 2 aromatic heterocycles. The van der Waals surface area contributed by atoms with E-state index in [1.54, 1.807) is 11.3 Å². The van der Waals surface area contributed by atoms with E-state index >= 15 is 0 Å². The number of H-pyrrole nitrogens is 1. The van der Waals surface area contributed by atoms with Crippen molar-refractivity contribution in [1.82, 2.24) is 20.3 Å². The van der Waals surface area contributed by atoms with E-state index in [-0.39, 0.29) is 11.4 Å². The minimum Gasteiger partial charge on any atom is -0.477 e. The molecule has 3 N–H and O–H groups in total. The van der Waals surface area contributed by atoms with Crippen LogP contribution in [0.2, 0.25) is 0 Å². The van der Waals surface area contributed by atoms with Crippen LogP contribution >= 0.6 is 11.3 Å². The lowest BCUT2D eigenvalue weighted by Crippen LogP contribution is -2.27. The maximum atomic E-state index is 11.8. The smallest absolute Gasteiger partial charge is 0.354 e. The van der Waals surface area contributed by atoms with Crippen LogP contribution in [0.5, 0.6) is 0 Å². The highest BCUT2D eigenvalue weighted by Gasteiger charge is 2.19. The monoisotopic (exact) mass is 280 g/mol. The predicted octanol–water partition coefficient (Wildman–Crippen LogP) is 0.845. The highest BCUT2D eigenvalue weighted by Crippen LogP contribution is 2.08. The van der Waals surface area contributed by atoms with E-state index in [1.807, 2.05) is 12.3 Å². The normalized spacial score (nSPS) is 10.4. The lowest BCUT2D eigenvalue weighted by molar-refractivity contribution is 0.0685. The predicted molar refractivity (Wildman–Crippen MR) is 68.4 cm³/mol. The van der Waals surface area contributed by atoms with Gasteiger partial charge in [0.05, 0.1) is 17.0 Å². The van der Waals surface area contributed by atoms with Gasteiger partial charge >= 0.3 is 5.97 Å². The molecule has 0 saturated heterocycles. The molecule has 2 aromatic rings. The summed E-state index contributed by atoms with van der Waals surface area (Å²) in [5.74, 6) is -1.72. The van der Waals surface area contributed by atoms with Crippen molar-refractivity contribution in [3.05, 3.63) is 33.8 Å². The summed E-state index contributed by atoms with van der Waals surface area (Å²) in [4.78, 5) is 33.0. The summed E-state index contributed by atoms with van der Waals surface area (Å²) in [6, 6.07) is 0. The van der Waals surface area contributed by atoms with Crippen LogP contribution in [-0.4, -0.2) is 38.5 Å². The molecule has 0 atom stereocenters. The van der Waals surface area contributed by atoms with Crippen molar-refractivity contribution in [1.29, 1.82) is 0 Å². The first-order valence-corrected chi connectivity index (χ1v) is 6.41. The van der Waals surface area contributed by atoms with Crippen LogP contribution in [-0.2, 0) is 6.42 Å². The number of imidazole rings is 1. The molecule has 0 unspecified atom stereocenters. The number of carboxylic acids is 1. The van der Waals surface area contributed by atoms with E-state index in [0.29, 0.717) is 13.0 Å². The molecule has 7 nitrogen and oxygen atoms in total. The molecule has 0 saturated carbocycles. The zero-order chi connectivity index (χ0) is 13.8. The van der Waals surface area contributed by atoms with Crippen molar-refractivity contribution >= 4 is 23.2 Å². The van der Waals surface area contributed by atoms with E-state index in [9.17, 15) is 9.59 Å². The summed E-state index contributed by atoms with van der Waals surface area (Å²) in [6.07, 6.45) is 1.78. The van der Waals surface area contributed by atoms with Crippen molar-refractivity contribution in [3.63, 3.8) is 0 Å². The zero-order valence-corrected chi connectivity index (χ0v) is 11.0. The minimum absolute atomic E-state index is 0.109. The highest BCUT2D eigenvalue weighted by atomic mass is 32.1. The number of aryl methyl sites for hydroxylation is 1. The number of rotatable bonds is 5. The van der Waals surface area contributed by atoms with Crippen LogP contribution in [0.1, 0.15) is 31.7 Å². The van der Waals surface area contributed by atoms with Gasteiger partial charge in [-0.3, -0.25) is 4.79 Å². The fourth-order valence-electron chi connectivity index (χ4n) is 1.54. The molecule has 0 fully saturated rings. The Morgan fingerprint density at radius 3 is 2.95 bits per heavy atom. The quantitative estimate of drug-likeness (QED) is 0.752. The van der Waals surface area contributed by atoms with Gasteiger partial charge in [0.1, 0.15) is 0 Å². The second-order valence-corrected chi connectivity index (χ2v) is 4.86. The molecule has 19 heavy (non-hydrogen) atoms. The summed E-state index contributed by atoms with van der Waals surface area (Å²) in [7, 11) is 0. The second-order valence-electron chi connectivity index (χ2n) is 3.80. The van der Waals surface area contributed by atoms with E-state index in [4.69, 9.17) is 5.11 Å². The van der Waals surface area contributed by atoms with Crippen molar-refractivity contribution in [2.75, 3.05) is 6.54 Å². The van der Waals surface area contributed by atoms with E-state index < -0.39 is 11.9 Å². The number of carbonyl (C=O) groups excluding carboxylic acids is 1. The van der Waals surface area contributed by atoms with Crippen LogP contribution in [0.4, 0.5) is 0 Å². The van der Waals surface area contributed by atoms with Gasteiger partial charge < -0.3 is 15.4 Å². The number of amides is 1. The van der Waals surface area contributed by atoms with Gasteiger partial charge in [0.2, 0.25) is 0 Å². The molecule has 0 radical (unpaired) electrons. The molecular weight excluding hydrogens is 268 g/mol. The number of hydrogen-bond acceptors (Lipinski definition) is 5. The number of hydrogen-bond donors (Lipinski definition) is 3. The molecule has 0 bridgehead atoms. The average Bonchev–Trinajstić information content (AvgIpc) is 2.97. The number of aromatic amines is 1. The molecule has 1 amide bonds. The molecule has 0 spiro atoms. The van der Waals surface area contributed by atoms with Crippen LogP contribution in [0.3, 0.4) is 0 Å². The molecule has 0 aliphatic carbocycles. The Morgan fingerprint density at radius 1 is 1.53 bits per heavy atom. The number of carbonyl (C=O) groups is 2. The first-order chi connectivity index (χ1) is 9.08. The standard InChI is InChI=1S/C11H12N4O3S/c1-6-15-7(4-19-6)2-3-12-10(16)8-9(11(17)18)14-5-13-8/h4-5H,2-3H2,1H3,(H,12,16)(H,13,14)(H,17,18). The van der Waals surface area contributed by atoms with Gasteiger partial charge in [0, 0.05) is 18.3 Å². The molecule has 8 heteroatoms. The Hall–Kier alpha value is -2.22. The molecule has 100 valence electrons. The minimum atomic E-state index is -1.21. The Bertz CT molecular complexity index is 605. The van der Waals surface area contributed by atoms with Crippen LogP contribution < -0.4 is 5.32 Å². The van der Waals surface area contributed by atoms with Gasteiger partial charge in [0.25, 0.3) is 5.91 Å². The Balaban J connectivity index is 1.91. The summed E-state index contributed by atoms with van der Waals surface area (Å²) >= 11 is 1.55. The van der Waals surface area contributed by atoms with Crippen molar-refractivity contribution in [2.45, 2.75) is 13.3 Å². The fourth-order valence-corrected chi connectivity index (χ4v) is 2.19. The number of thiazole rings is 1. The number of carboxylic acid groups (broad SMARTS) is 1.